The average molecular weight is 179 g/mol. The molecule has 0 aromatic heterocycles. The topological polar surface area (TPSA) is 30.3 Å². The van der Waals surface area contributed by atoms with Gasteiger partial charge in [-0.25, -0.2) is 0 Å². The maximum atomic E-state index is 9.32. The Morgan fingerprint density at radius 1 is 1.46 bits per heavy atom. The maximum Gasteiger partial charge on any atom is 0.114 e. The van der Waals surface area contributed by atoms with E-state index in [-0.39, 0.29) is 5.54 Å². The zero-order valence-corrected chi connectivity index (χ0v) is 8.45. The van der Waals surface area contributed by atoms with Crippen LogP contribution in [-0.4, -0.2) is 49.1 Å². The minimum atomic E-state index is -0.174. The van der Waals surface area contributed by atoms with E-state index >= 15 is 0 Å². The van der Waals surface area contributed by atoms with Crippen molar-refractivity contribution in [2.45, 2.75) is 18.4 Å². The first-order chi connectivity index (χ1) is 6.19. The molecule has 2 bridgehead atoms. The molecule has 0 spiro atoms. The monoisotopic (exact) mass is 179 g/mol. The van der Waals surface area contributed by atoms with E-state index in [1.165, 1.54) is 13.0 Å². The second-order valence-electron chi connectivity index (χ2n) is 4.47. The van der Waals surface area contributed by atoms with Crippen molar-refractivity contribution < 1.29 is 0 Å². The van der Waals surface area contributed by atoms with Crippen LogP contribution in [0.3, 0.4) is 0 Å². The van der Waals surface area contributed by atoms with Crippen LogP contribution in [0.5, 0.6) is 0 Å². The average Bonchev–Trinajstić information content (AvgIpc) is 2.50. The molecule has 0 amide bonds. The minimum absolute atomic E-state index is 0.174. The summed E-state index contributed by atoms with van der Waals surface area (Å²) in [7, 11) is 4.08. The molecule has 13 heavy (non-hydrogen) atoms. The molecule has 72 valence electrons. The van der Waals surface area contributed by atoms with E-state index in [0.29, 0.717) is 5.92 Å². The van der Waals surface area contributed by atoms with Crippen LogP contribution in [0.15, 0.2) is 0 Å². The van der Waals surface area contributed by atoms with E-state index in [2.05, 4.69) is 15.9 Å². The quantitative estimate of drug-likeness (QED) is 0.588. The highest BCUT2D eigenvalue weighted by atomic mass is 15.2. The number of nitrogens with zero attached hydrogens (tertiary/aromatic N) is 3. The summed E-state index contributed by atoms with van der Waals surface area (Å²) in [5.41, 5.74) is -0.174. The number of nitriles is 1. The van der Waals surface area contributed by atoms with Crippen molar-refractivity contribution in [3.05, 3.63) is 0 Å². The van der Waals surface area contributed by atoms with Crippen LogP contribution in [0.25, 0.3) is 0 Å². The summed E-state index contributed by atoms with van der Waals surface area (Å²) in [4.78, 5) is 4.60. The van der Waals surface area contributed by atoms with E-state index < -0.39 is 0 Å². The van der Waals surface area contributed by atoms with E-state index in [1.807, 2.05) is 14.1 Å². The van der Waals surface area contributed by atoms with Crippen molar-refractivity contribution in [3.8, 4) is 6.07 Å². The van der Waals surface area contributed by atoms with Gasteiger partial charge in [-0.15, -0.1) is 0 Å². The first-order valence-electron chi connectivity index (χ1n) is 5.00. The second kappa shape index (κ2) is 2.97. The van der Waals surface area contributed by atoms with Gasteiger partial charge in [0.1, 0.15) is 5.54 Å². The van der Waals surface area contributed by atoms with Gasteiger partial charge in [0.25, 0.3) is 0 Å². The zero-order chi connectivity index (χ0) is 9.47. The van der Waals surface area contributed by atoms with Crippen molar-refractivity contribution >= 4 is 0 Å². The SMILES string of the molecule is CN(C)C1(C#N)CCN2CCC1C2. The van der Waals surface area contributed by atoms with Crippen LogP contribution in [0.4, 0.5) is 0 Å². The van der Waals surface area contributed by atoms with Gasteiger partial charge in [-0.05, 0) is 33.5 Å². The molecular formula is C10H17N3. The molecule has 2 fully saturated rings. The molecule has 2 rings (SSSR count). The summed E-state index contributed by atoms with van der Waals surface area (Å²) in [6, 6.07) is 2.54. The third kappa shape index (κ3) is 1.17. The highest BCUT2D eigenvalue weighted by Crippen LogP contribution is 2.38. The highest BCUT2D eigenvalue weighted by molar-refractivity contribution is 5.15. The minimum Gasteiger partial charge on any atom is -0.303 e. The van der Waals surface area contributed by atoms with Gasteiger partial charge in [0.2, 0.25) is 0 Å². The summed E-state index contributed by atoms with van der Waals surface area (Å²) >= 11 is 0. The predicted octanol–water partition coefficient (Wildman–Crippen LogP) is 0.536. The Balaban J connectivity index is 2.25. The van der Waals surface area contributed by atoms with Crippen molar-refractivity contribution in [3.63, 3.8) is 0 Å². The standard InChI is InChI=1S/C10H17N3/c1-12(2)10(8-11)4-6-13-5-3-9(10)7-13/h9H,3-7H2,1-2H3. The van der Waals surface area contributed by atoms with Crippen LogP contribution in [0.1, 0.15) is 12.8 Å². The number of piperidine rings is 1. The normalized spacial score (nSPS) is 43.5. The number of rotatable bonds is 1. The molecule has 0 aromatic rings. The van der Waals surface area contributed by atoms with E-state index in [0.717, 1.165) is 19.5 Å². The van der Waals surface area contributed by atoms with Crippen LogP contribution in [0.2, 0.25) is 0 Å². The van der Waals surface area contributed by atoms with Gasteiger partial charge in [0.15, 0.2) is 0 Å². The smallest absolute Gasteiger partial charge is 0.114 e. The number of hydrogen-bond donors (Lipinski definition) is 0. The molecule has 3 atom stereocenters. The van der Waals surface area contributed by atoms with E-state index in [9.17, 15) is 5.26 Å². The van der Waals surface area contributed by atoms with Crippen LogP contribution in [0, 0.1) is 17.2 Å². The fourth-order valence-electron chi connectivity index (χ4n) is 2.79. The molecule has 2 heterocycles. The fourth-order valence-corrected chi connectivity index (χ4v) is 2.79. The lowest BCUT2D eigenvalue weighted by Crippen LogP contribution is -2.54. The molecule has 3 unspecified atom stereocenters. The molecule has 3 heteroatoms. The van der Waals surface area contributed by atoms with Gasteiger partial charge in [-0.2, -0.15) is 5.26 Å². The molecule has 2 aliphatic rings. The predicted molar refractivity (Wildman–Crippen MR) is 51.2 cm³/mol. The Hall–Kier alpha value is -0.590. The zero-order valence-electron chi connectivity index (χ0n) is 8.45. The molecule has 0 aromatic carbocycles. The summed E-state index contributed by atoms with van der Waals surface area (Å²) in [5, 5.41) is 9.32. The van der Waals surface area contributed by atoms with Gasteiger partial charge >= 0.3 is 0 Å². The van der Waals surface area contributed by atoms with Crippen molar-refractivity contribution in [2.75, 3.05) is 33.7 Å². The third-order valence-electron chi connectivity index (χ3n) is 3.75. The Bertz CT molecular complexity index is 243. The van der Waals surface area contributed by atoms with Gasteiger partial charge in [0, 0.05) is 19.0 Å². The second-order valence-corrected chi connectivity index (χ2v) is 4.47. The largest absolute Gasteiger partial charge is 0.303 e. The first-order valence-corrected chi connectivity index (χ1v) is 5.00. The van der Waals surface area contributed by atoms with Gasteiger partial charge in [-0.3, -0.25) is 4.90 Å². The Morgan fingerprint density at radius 2 is 2.23 bits per heavy atom. The summed E-state index contributed by atoms with van der Waals surface area (Å²) in [5.74, 6) is 0.571. The highest BCUT2D eigenvalue weighted by Gasteiger charge is 2.47. The number of fused-ring (bicyclic) bond motifs is 2. The van der Waals surface area contributed by atoms with E-state index in [4.69, 9.17) is 0 Å². The van der Waals surface area contributed by atoms with Crippen molar-refractivity contribution in [1.82, 2.24) is 9.80 Å². The molecule has 0 saturated carbocycles. The number of hydrogen-bond acceptors (Lipinski definition) is 3. The van der Waals surface area contributed by atoms with E-state index in [1.54, 1.807) is 0 Å². The Labute approximate surface area is 79.9 Å². The van der Waals surface area contributed by atoms with Crippen LogP contribution in [-0.2, 0) is 0 Å². The molecular weight excluding hydrogens is 162 g/mol. The Kier molecular flexibility index (Phi) is 2.05. The molecule has 3 nitrogen and oxygen atoms in total. The molecule has 0 aliphatic carbocycles. The first kappa shape index (κ1) is 8.98. The fraction of sp³-hybridized carbons (Fsp3) is 0.900. The van der Waals surface area contributed by atoms with Crippen molar-refractivity contribution in [1.29, 1.82) is 5.26 Å². The van der Waals surface area contributed by atoms with Gasteiger partial charge in [-0.1, -0.05) is 0 Å². The van der Waals surface area contributed by atoms with Crippen LogP contribution >= 0.6 is 0 Å². The maximum absolute atomic E-state index is 9.32. The molecule has 0 radical (unpaired) electrons. The summed E-state index contributed by atoms with van der Waals surface area (Å²) in [6.07, 6.45) is 2.22. The lowest BCUT2D eigenvalue weighted by molar-refractivity contribution is 0.0864. The lowest BCUT2D eigenvalue weighted by Gasteiger charge is -2.42. The summed E-state index contributed by atoms with van der Waals surface area (Å²) in [6.45, 7) is 3.43. The van der Waals surface area contributed by atoms with Gasteiger partial charge in [0.05, 0.1) is 6.07 Å². The third-order valence-corrected chi connectivity index (χ3v) is 3.75. The van der Waals surface area contributed by atoms with Crippen LogP contribution < -0.4 is 0 Å². The lowest BCUT2D eigenvalue weighted by atomic mass is 9.79. The molecule has 0 N–H and O–H groups in total. The van der Waals surface area contributed by atoms with Gasteiger partial charge < -0.3 is 4.90 Å². The Morgan fingerprint density at radius 3 is 2.85 bits per heavy atom. The molecule has 2 aliphatic heterocycles. The summed E-state index contributed by atoms with van der Waals surface area (Å²) < 4.78 is 0. The molecule has 2 saturated heterocycles. The van der Waals surface area contributed by atoms with Crippen molar-refractivity contribution in [2.24, 2.45) is 5.92 Å².